The van der Waals surface area contributed by atoms with Crippen LogP contribution in [-0.4, -0.2) is 44.0 Å². The second kappa shape index (κ2) is 17.4. The number of aliphatic hydroxyl groups is 2. The lowest BCUT2D eigenvalue weighted by Gasteiger charge is -1.85. The van der Waals surface area contributed by atoms with Crippen LogP contribution in [0.25, 0.3) is 0 Å². The van der Waals surface area contributed by atoms with Crippen molar-refractivity contribution in [3.8, 4) is 0 Å². The summed E-state index contributed by atoms with van der Waals surface area (Å²) in [5, 5.41) is 43.5. The molecule has 0 amide bonds. The third kappa shape index (κ3) is 514. The van der Waals surface area contributed by atoms with E-state index in [0.717, 1.165) is 12.8 Å². The van der Waals surface area contributed by atoms with Gasteiger partial charge in [0.15, 0.2) is 0 Å². The summed E-state index contributed by atoms with van der Waals surface area (Å²) in [5.74, 6) is 0. The molecule has 0 aliphatic carbocycles. The zero-order chi connectivity index (χ0) is 12.0. The van der Waals surface area contributed by atoms with Crippen molar-refractivity contribution in [2.75, 3.05) is 13.2 Å². The molecule has 0 saturated heterocycles. The highest BCUT2D eigenvalue weighted by molar-refractivity contribution is 4.30. The topological polar surface area (TPSA) is 167 Å². The first-order chi connectivity index (χ1) is 6.38. The lowest BCUT2D eigenvalue weighted by molar-refractivity contribution is -0.742. The largest absolute Gasteiger partial charge is 0.396 e. The Kier molecular flexibility index (Phi) is 22.6. The summed E-state index contributed by atoms with van der Waals surface area (Å²) in [6.07, 6.45) is 1.44. The van der Waals surface area contributed by atoms with E-state index in [9.17, 15) is 0 Å². The normalized spacial score (nSPS) is 7.29. The molecule has 0 saturated carbocycles. The summed E-state index contributed by atoms with van der Waals surface area (Å²) in [6.45, 7) is 0.390. The third-order valence-corrected chi connectivity index (χ3v) is 0.566. The van der Waals surface area contributed by atoms with Crippen LogP contribution in [0, 0.1) is 20.2 Å². The van der Waals surface area contributed by atoms with Gasteiger partial charge in [-0.1, -0.05) is 0 Å². The van der Waals surface area contributed by atoms with E-state index in [4.69, 9.17) is 40.9 Å². The molecule has 0 atom stereocenters. The molecule has 0 aromatic rings. The van der Waals surface area contributed by atoms with E-state index in [2.05, 4.69) is 0 Å². The van der Waals surface area contributed by atoms with Crippen molar-refractivity contribution in [1.82, 2.24) is 0 Å². The van der Waals surface area contributed by atoms with E-state index in [-0.39, 0.29) is 13.2 Å². The van der Waals surface area contributed by atoms with Crippen LogP contribution in [0.15, 0.2) is 0 Å². The van der Waals surface area contributed by atoms with E-state index in [1.54, 1.807) is 0 Å². The summed E-state index contributed by atoms with van der Waals surface area (Å²) < 4.78 is 0. The minimum Gasteiger partial charge on any atom is -0.396 e. The second-order valence-corrected chi connectivity index (χ2v) is 1.63. The van der Waals surface area contributed by atoms with Crippen LogP contribution in [0.5, 0.6) is 0 Å². The maximum Gasteiger partial charge on any atom is 0.291 e. The summed E-state index contributed by atoms with van der Waals surface area (Å²) in [6, 6.07) is 0. The molecule has 0 rings (SSSR count). The fraction of sp³-hybridized carbons (Fsp3) is 1.00. The number of hydrogen-bond acceptors (Lipinski definition) is 6. The Morgan fingerprint density at radius 3 is 1.07 bits per heavy atom. The van der Waals surface area contributed by atoms with Gasteiger partial charge in [-0.25, -0.2) is 0 Å². The number of unbranched alkanes of at least 4 members (excludes halogenated alkanes) is 1. The number of hydrogen-bond donors (Lipinski definition) is 4. The van der Waals surface area contributed by atoms with Gasteiger partial charge in [-0.2, -0.15) is 0 Å². The predicted octanol–water partition coefficient (Wildman–Crippen LogP) is -0.944. The van der Waals surface area contributed by atoms with Crippen molar-refractivity contribution in [2.24, 2.45) is 0 Å². The molecule has 0 aliphatic rings. The first kappa shape index (κ1) is 18.2. The average Bonchev–Trinajstić information content (AvgIpc) is 1.98. The standard InChI is InChI=1S/C4H10O2.2HNO3/c5-3-1-2-4-6;2*2-1(3)4/h5-6H,1-4H2;2*(H,2,3,4). The maximum atomic E-state index is 8.36. The average molecular weight is 216 g/mol. The maximum absolute atomic E-state index is 8.36. The van der Waals surface area contributed by atoms with Gasteiger partial charge >= 0.3 is 0 Å². The molecule has 0 aromatic heterocycles. The molecule has 4 N–H and O–H groups in total. The smallest absolute Gasteiger partial charge is 0.291 e. The van der Waals surface area contributed by atoms with Crippen molar-refractivity contribution in [3.63, 3.8) is 0 Å². The second-order valence-electron chi connectivity index (χ2n) is 1.63. The first-order valence-electron chi connectivity index (χ1n) is 3.26. The molecule has 0 radical (unpaired) electrons. The van der Waals surface area contributed by atoms with Gasteiger partial charge in [0.2, 0.25) is 0 Å². The summed E-state index contributed by atoms with van der Waals surface area (Å²) in [4.78, 5) is 16.7. The molecular weight excluding hydrogens is 204 g/mol. The predicted molar refractivity (Wildman–Crippen MR) is 41.0 cm³/mol. The Labute approximate surface area is 78.2 Å². The molecular formula is C4H12N2O8. The lowest BCUT2D eigenvalue weighted by Crippen LogP contribution is -1.85. The Bertz CT molecular complexity index is 115. The Morgan fingerprint density at radius 1 is 0.857 bits per heavy atom. The van der Waals surface area contributed by atoms with Gasteiger partial charge in [0, 0.05) is 13.2 Å². The molecule has 10 nitrogen and oxygen atoms in total. The van der Waals surface area contributed by atoms with Gasteiger partial charge in [-0.05, 0) is 12.8 Å². The Morgan fingerprint density at radius 2 is 1.00 bits per heavy atom. The van der Waals surface area contributed by atoms with E-state index in [1.807, 2.05) is 0 Å². The zero-order valence-corrected chi connectivity index (χ0v) is 7.14. The van der Waals surface area contributed by atoms with Gasteiger partial charge in [-0.15, -0.1) is 20.2 Å². The van der Waals surface area contributed by atoms with Gasteiger partial charge in [-0.3, -0.25) is 0 Å². The highest BCUT2D eigenvalue weighted by Crippen LogP contribution is 1.80. The molecule has 0 fully saturated rings. The monoisotopic (exact) mass is 216 g/mol. The van der Waals surface area contributed by atoms with Gasteiger partial charge in [0.25, 0.3) is 10.2 Å². The van der Waals surface area contributed by atoms with Gasteiger partial charge in [0.05, 0.1) is 0 Å². The zero-order valence-electron chi connectivity index (χ0n) is 7.14. The fourth-order valence-corrected chi connectivity index (χ4v) is 0.224. The van der Waals surface area contributed by atoms with Crippen molar-refractivity contribution < 1.29 is 30.8 Å². The van der Waals surface area contributed by atoms with E-state index < -0.39 is 10.2 Å². The van der Waals surface area contributed by atoms with E-state index in [1.165, 1.54) is 0 Å². The third-order valence-electron chi connectivity index (χ3n) is 0.566. The Hall–Kier alpha value is -1.68. The molecule has 86 valence electrons. The number of rotatable bonds is 3. The van der Waals surface area contributed by atoms with Crippen molar-refractivity contribution in [1.29, 1.82) is 0 Å². The molecule has 10 heteroatoms. The first-order valence-corrected chi connectivity index (χ1v) is 3.26. The molecule has 0 unspecified atom stereocenters. The van der Waals surface area contributed by atoms with Crippen molar-refractivity contribution in [3.05, 3.63) is 20.2 Å². The SMILES string of the molecule is O=[N+]([O-])O.O=[N+]([O-])O.OCCCCO. The van der Waals surface area contributed by atoms with Crippen molar-refractivity contribution >= 4 is 0 Å². The van der Waals surface area contributed by atoms with Crippen LogP contribution >= 0.6 is 0 Å². The highest BCUT2D eigenvalue weighted by atomic mass is 16.9. The minimum absolute atomic E-state index is 0.195. The Balaban J connectivity index is -0.000000135. The van der Waals surface area contributed by atoms with Crippen LogP contribution in [0.2, 0.25) is 0 Å². The van der Waals surface area contributed by atoms with Crippen molar-refractivity contribution in [2.45, 2.75) is 12.8 Å². The molecule has 0 aliphatic heterocycles. The van der Waals surface area contributed by atoms with Gasteiger partial charge in [0.1, 0.15) is 0 Å². The summed E-state index contributed by atoms with van der Waals surface area (Å²) in [7, 11) is 0. The van der Waals surface area contributed by atoms with Crippen LogP contribution in [0.1, 0.15) is 12.8 Å². The molecule has 0 aromatic carbocycles. The summed E-state index contributed by atoms with van der Waals surface area (Å²) >= 11 is 0. The molecule has 14 heavy (non-hydrogen) atoms. The molecule has 0 spiro atoms. The number of nitrogens with zero attached hydrogens (tertiary/aromatic N) is 2. The van der Waals surface area contributed by atoms with Crippen LogP contribution in [-0.2, 0) is 0 Å². The lowest BCUT2D eigenvalue weighted by atomic mass is 10.3. The highest BCUT2D eigenvalue weighted by Gasteiger charge is 1.77. The molecule has 0 heterocycles. The van der Waals surface area contributed by atoms with Gasteiger partial charge < -0.3 is 20.6 Å². The number of aliphatic hydroxyl groups excluding tert-OH is 2. The quantitative estimate of drug-likeness (QED) is 0.266. The van der Waals surface area contributed by atoms with Crippen LogP contribution in [0.3, 0.4) is 0 Å². The van der Waals surface area contributed by atoms with Crippen LogP contribution < -0.4 is 0 Å². The van der Waals surface area contributed by atoms with Crippen LogP contribution in [0.4, 0.5) is 0 Å². The van der Waals surface area contributed by atoms with E-state index >= 15 is 0 Å². The molecule has 0 bridgehead atoms. The fourth-order valence-electron chi connectivity index (χ4n) is 0.224. The van der Waals surface area contributed by atoms with E-state index in [0.29, 0.717) is 0 Å². The minimum atomic E-state index is -1.50. The summed E-state index contributed by atoms with van der Waals surface area (Å²) in [5.41, 5.74) is 0.